The van der Waals surface area contributed by atoms with E-state index in [1.807, 2.05) is 12.1 Å². The third-order valence-electron chi connectivity index (χ3n) is 5.69. The Morgan fingerprint density at radius 2 is 2.14 bits per heavy atom. The first kappa shape index (κ1) is 21.2. The van der Waals surface area contributed by atoms with Crippen LogP contribution >= 0.6 is 0 Å². The summed E-state index contributed by atoms with van der Waals surface area (Å²) in [7, 11) is 0. The van der Waals surface area contributed by atoms with Crippen LogP contribution in [-0.4, -0.2) is 57.6 Å². The van der Waals surface area contributed by atoms with Crippen molar-refractivity contribution in [2.45, 2.75) is 51.1 Å². The number of amides is 3. The molecule has 1 aromatic rings. The highest BCUT2D eigenvalue weighted by molar-refractivity contribution is 5.88. The van der Waals surface area contributed by atoms with Crippen molar-refractivity contribution >= 4 is 18.2 Å². The van der Waals surface area contributed by atoms with Gasteiger partial charge in [0.25, 0.3) is 0 Å². The maximum atomic E-state index is 13.2. The second-order valence-electron chi connectivity index (χ2n) is 7.77. The fourth-order valence-corrected chi connectivity index (χ4v) is 4.21. The minimum Gasteiger partial charge on any atom is -0.349 e. The van der Waals surface area contributed by atoms with Gasteiger partial charge in [-0.15, -0.1) is 0 Å². The summed E-state index contributed by atoms with van der Waals surface area (Å²) < 4.78 is 0. The van der Waals surface area contributed by atoms with Gasteiger partial charge in [-0.2, -0.15) is 0 Å². The molecule has 9 nitrogen and oxygen atoms in total. The molecule has 29 heavy (non-hydrogen) atoms. The molecule has 2 atom stereocenters. The molecule has 0 spiro atoms. The minimum atomic E-state index is -0.624. The lowest BCUT2D eigenvalue weighted by atomic mass is 9.92. The zero-order chi connectivity index (χ0) is 20.6. The van der Waals surface area contributed by atoms with E-state index in [-0.39, 0.29) is 18.4 Å². The van der Waals surface area contributed by atoms with Crippen LogP contribution in [-0.2, 0) is 20.9 Å². The van der Waals surface area contributed by atoms with Crippen LogP contribution in [0.1, 0.15) is 44.2 Å². The molecular weight excluding hydrogens is 374 g/mol. The largest absolute Gasteiger partial charge is 0.349 e. The number of hydroxylamine groups is 2. The number of nitrogens with one attached hydrogen (secondary N) is 2. The maximum Gasteiger partial charge on any atom is 0.244 e. The summed E-state index contributed by atoms with van der Waals surface area (Å²) in [4.78, 5) is 40.9. The van der Waals surface area contributed by atoms with Crippen molar-refractivity contribution in [2.75, 3.05) is 13.1 Å². The van der Waals surface area contributed by atoms with Crippen molar-refractivity contribution in [3.63, 3.8) is 0 Å². The number of pyridine rings is 1. The molecule has 158 valence electrons. The van der Waals surface area contributed by atoms with Crippen LogP contribution in [0.25, 0.3) is 0 Å². The molecule has 3 N–H and O–H groups in total. The highest BCUT2D eigenvalue weighted by Gasteiger charge is 2.38. The van der Waals surface area contributed by atoms with Crippen molar-refractivity contribution in [1.29, 1.82) is 0 Å². The molecule has 1 aliphatic heterocycles. The van der Waals surface area contributed by atoms with E-state index >= 15 is 0 Å². The van der Waals surface area contributed by atoms with Crippen LogP contribution in [0.15, 0.2) is 24.4 Å². The fourth-order valence-electron chi connectivity index (χ4n) is 4.21. The molecule has 0 bridgehead atoms. The molecule has 1 aromatic heterocycles. The molecule has 0 radical (unpaired) electrons. The predicted octanol–water partition coefficient (Wildman–Crippen LogP) is 0.847. The van der Waals surface area contributed by atoms with E-state index in [4.69, 9.17) is 0 Å². The summed E-state index contributed by atoms with van der Waals surface area (Å²) in [5.74, 6) is -0.647. The molecule has 2 fully saturated rings. The maximum absolute atomic E-state index is 13.2. The Hall–Kier alpha value is -2.52. The van der Waals surface area contributed by atoms with Crippen LogP contribution < -0.4 is 10.7 Å². The van der Waals surface area contributed by atoms with E-state index in [0.717, 1.165) is 31.4 Å². The zero-order valence-electron chi connectivity index (χ0n) is 16.5. The second kappa shape index (κ2) is 10.3. The van der Waals surface area contributed by atoms with Gasteiger partial charge in [-0.05, 0) is 30.9 Å². The van der Waals surface area contributed by atoms with Crippen LogP contribution in [0, 0.1) is 11.8 Å². The lowest BCUT2D eigenvalue weighted by Crippen LogP contribution is -2.53. The number of hydrogen-bond donors (Lipinski definition) is 3. The van der Waals surface area contributed by atoms with Crippen LogP contribution in [0.2, 0.25) is 0 Å². The van der Waals surface area contributed by atoms with E-state index in [1.165, 1.54) is 5.01 Å². The monoisotopic (exact) mass is 403 g/mol. The molecule has 2 heterocycles. The third kappa shape index (κ3) is 5.74. The van der Waals surface area contributed by atoms with Gasteiger partial charge in [0.05, 0.1) is 24.7 Å². The van der Waals surface area contributed by atoms with E-state index in [1.54, 1.807) is 12.3 Å². The fraction of sp³-hybridized carbons (Fsp3) is 0.600. The molecule has 1 aliphatic carbocycles. The normalized spacial score (nSPS) is 20.4. The smallest absolute Gasteiger partial charge is 0.244 e. The first-order chi connectivity index (χ1) is 14.1. The van der Waals surface area contributed by atoms with Gasteiger partial charge in [-0.3, -0.25) is 29.6 Å². The summed E-state index contributed by atoms with van der Waals surface area (Å²) >= 11 is 0. The molecule has 0 unspecified atom stereocenters. The summed E-state index contributed by atoms with van der Waals surface area (Å²) in [5, 5.41) is 14.4. The molecule has 9 heteroatoms. The molecule has 0 aromatic carbocycles. The Kier molecular flexibility index (Phi) is 7.54. The van der Waals surface area contributed by atoms with Gasteiger partial charge in [0.15, 0.2) is 0 Å². The van der Waals surface area contributed by atoms with Gasteiger partial charge < -0.3 is 5.32 Å². The number of rotatable bonds is 9. The quantitative estimate of drug-likeness (QED) is 0.320. The van der Waals surface area contributed by atoms with Crippen LogP contribution in [0.5, 0.6) is 0 Å². The first-order valence-corrected chi connectivity index (χ1v) is 10.2. The number of hydrogen-bond acceptors (Lipinski definition) is 6. The van der Waals surface area contributed by atoms with Crippen molar-refractivity contribution in [2.24, 2.45) is 11.8 Å². The van der Waals surface area contributed by atoms with Crippen molar-refractivity contribution in [3.05, 3.63) is 30.1 Å². The molecule has 3 amide bonds. The first-order valence-electron chi connectivity index (χ1n) is 10.2. The van der Waals surface area contributed by atoms with E-state index in [0.29, 0.717) is 43.3 Å². The van der Waals surface area contributed by atoms with Crippen molar-refractivity contribution < 1.29 is 19.6 Å². The van der Waals surface area contributed by atoms with Gasteiger partial charge in [0.1, 0.15) is 6.04 Å². The standard InChI is InChI=1S/C20H29N5O4/c26-14-24(29)13-16(11-15-5-1-2-6-15)20(28)25-18(8-10-23-25)19(27)22-12-17-7-3-4-9-21-17/h3-4,7,9,14-16,18,23,29H,1-2,5-6,8,10-13H2,(H,22,27)/t16-,18+/m1/s1. The van der Waals surface area contributed by atoms with E-state index in [9.17, 15) is 19.6 Å². The predicted molar refractivity (Wildman–Crippen MR) is 104 cm³/mol. The minimum absolute atomic E-state index is 0.0702. The summed E-state index contributed by atoms with van der Waals surface area (Å²) in [6.45, 7) is 0.735. The lowest BCUT2D eigenvalue weighted by Gasteiger charge is -2.29. The van der Waals surface area contributed by atoms with Gasteiger partial charge in [-0.25, -0.2) is 10.5 Å². The van der Waals surface area contributed by atoms with E-state index in [2.05, 4.69) is 15.7 Å². The van der Waals surface area contributed by atoms with Crippen molar-refractivity contribution in [3.8, 4) is 0 Å². The molecular formula is C20H29N5O4. The number of hydrazine groups is 1. The topological polar surface area (TPSA) is 115 Å². The highest BCUT2D eigenvalue weighted by atomic mass is 16.5. The van der Waals surface area contributed by atoms with E-state index < -0.39 is 12.0 Å². The molecule has 1 saturated heterocycles. The Morgan fingerprint density at radius 1 is 1.34 bits per heavy atom. The lowest BCUT2D eigenvalue weighted by molar-refractivity contribution is -0.159. The Labute approximate surface area is 170 Å². The van der Waals surface area contributed by atoms with Gasteiger partial charge in [-0.1, -0.05) is 31.7 Å². The van der Waals surface area contributed by atoms with Crippen molar-refractivity contribution in [1.82, 2.24) is 25.8 Å². The van der Waals surface area contributed by atoms with Gasteiger partial charge >= 0.3 is 0 Å². The van der Waals surface area contributed by atoms with Crippen LogP contribution in [0.4, 0.5) is 0 Å². The Balaban J connectivity index is 1.63. The average Bonchev–Trinajstić information content (AvgIpc) is 3.43. The average molecular weight is 403 g/mol. The highest BCUT2D eigenvalue weighted by Crippen LogP contribution is 2.31. The number of aromatic nitrogens is 1. The summed E-state index contributed by atoms with van der Waals surface area (Å²) in [6.07, 6.45) is 7.47. The SMILES string of the molecule is O=CN(O)C[C@@H](CC1CCCC1)C(=O)N1NCC[C@H]1C(=O)NCc1ccccn1. The summed E-state index contributed by atoms with van der Waals surface area (Å²) in [5.41, 5.74) is 3.74. The molecule has 1 saturated carbocycles. The van der Waals surface area contributed by atoms with Gasteiger partial charge in [0, 0.05) is 12.7 Å². The zero-order valence-corrected chi connectivity index (χ0v) is 16.5. The second-order valence-corrected chi connectivity index (χ2v) is 7.77. The number of carbonyl (C=O) groups is 3. The van der Waals surface area contributed by atoms with Gasteiger partial charge in [0.2, 0.25) is 18.2 Å². The molecule has 3 rings (SSSR count). The van der Waals surface area contributed by atoms with Crippen LogP contribution in [0.3, 0.4) is 0 Å². The molecule has 2 aliphatic rings. The number of carbonyl (C=O) groups excluding carboxylic acids is 3. The summed E-state index contributed by atoms with van der Waals surface area (Å²) in [6, 6.07) is 4.85. The Bertz CT molecular complexity index is 695. The Morgan fingerprint density at radius 3 is 2.83 bits per heavy atom. The third-order valence-corrected chi connectivity index (χ3v) is 5.69. The number of nitrogens with zero attached hydrogens (tertiary/aromatic N) is 3.